The summed E-state index contributed by atoms with van der Waals surface area (Å²) in [7, 11) is 0. The molecule has 0 saturated heterocycles. The van der Waals surface area contributed by atoms with Crippen molar-refractivity contribution in [3.05, 3.63) is 44.8 Å². The van der Waals surface area contributed by atoms with E-state index in [2.05, 4.69) is 23.7 Å². The van der Waals surface area contributed by atoms with Crippen molar-refractivity contribution in [3.8, 4) is 23.7 Å². The molecule has 0 radical (unpaired) electrons. The Morgan fingerprint density at radius 3 is 1.61 bits per heavy atom. The van der Waals surface area contributed by atoms with Crippen LogP contribution in [0.1, 0.15) is 22.0 Å². The molecule has 0 saturated carbocycles. The maximum absolute atomic E-state index is 9.67. The number of thiophene rings is 2. The lowest BCUT2D eigenvalue weighted by Gasteiger charge is -1.96. The van der Waals surface area contributed by atoms with Crippen LogP contribution in [-0.2, 0) is 0 Å². The Labute approximate surface area is 114 Å². The Morgan fingerprint density at radius 2 is 1.28 bits per heavy atom. The average molecular weight is 274 g/mol. The van der Waals surface area contributed by atoms with Gasteiger partial charge in [-0.1, -0.05) is 24.0 Å². The van der Waals surface area contributed by atoms with E-state index < -0.39 is 12.2 Å². The zero-order valence-electron chi connectivity index (χ0n) is 9.33. The Morgan fingerprint density at radius 1 is 0.833 bits per heavy atom. The van der Waals surface area contributed by atoms with Gasteiger partial charge in [0.25, 0.3) is 0 Å². The summed E-state index contributed by atoms with van der Waals surface area (Å²) in [5.41, 5.74) is 0. The van der Waals surface area contributed by atoms with Crippen molar-refractivity contribution in [2.24, 2.45) is 0 Å². The van der Waals surface area contributed by atoms with Gasteiger partial charge >= 0.3 is 0 Å². The quantitative estimate of drug-likeness (QED) is 0.826. The van der Waals surface area contributed by atoms with Crippen molar-refractivity contribution in [1.82, 2.24) is 0 Å². The first-order valence-corrected chi connectivity index (χ1v) is 6.97. The molecule has 2 rings (SSSR count). The highest BCUT2D eigenvalue weighted by Gasteiger charge is 2.03. The molecule has 0 aliphatic carbocycles. The summed E-state index contributed by atoms with van der Waals surface area (Å²) < 4.78 is 0. The zero-order valence-corrected chi connectivity index (χ0v) is 11.0. The van der Waals surface area contributed by atoms with E-state index in [-0.39, 0.29) is 0 Å². The summed E-state index contributed by atoms with van der Waals surface area (Å²) in [5.74, 6) is 10.4. The lowest BCUT2D eigenvalue weighted by Crippen LogP contribution is -1.89. The van der Waals surface area contributed by atoms with Gasteiger partial charge in [0.1, 0.15) is 12.2 Å². The minimum Gasteiger partial charge on any atom is -0.375 e. The van der Waals surface area contributed by atoms with E-state index in [4.69, 9.17) is 0 Å². The van der Waals surface area contributed by atoms with E-state index in [0.717, 1.165) is 9.75 Å². The molecule has 0 aromatic carbocycles. The van der Waals surface area contributed by atoms with Crippen LogP contribution in [0, 0.1) is 23.7 Å². The topological polar surface area (TPSA) is 40.5 Å². The summed E-state index contributed by atoms with van der Waals surface area (Å²) in [6.07, 6.45) is -1.61. The van der Waals surface area contributed by atoms with Gasteiger partial charge < -0.3 is 10.2 Å². The molecule has 2 aromatic heterocycles. The Bertz CT molecular complexity index is 536. The van der Waals surface area contributed by atoms with Crippen LogP contribution in [0.2, 0.25) is 0 Å². The van der Waals surface area contributed by atoms with Gasteiger partial charge in [0.05, 0.1) is 0 Å². The summed E-state index contributed by atoms with van der Waals surface area (Å²) >= 11 is 2.89. The van der Waals surface area contributed by atoms with Crippen molar-refractivity contribution in [2.75, 3.05) is 0 Å². The molecule has 0 spiro atoms. The third-order valence-corrected chi connectivity index (χ3v) is 3.96. The molecule has 18 heavy (non-hydrogen) atoms. The predicted molar refractivity (Wildman–Crippen MR) is 74.1 cm³/mol. The lowest BCUT2D eigenvalue weighted by atomic mass is 10.3. The SMILES string of the molecule is OC(C#CC#CC(O)c1cccs1)c1cccs1. The van der Waals surface area contributed by atoms with Crippen LogP contribution in [0.5, 0.6) is 0 Å². The van der Waals surface area contributed by atoms with Gasteiger partial charge in [-0.15, -0.1) is 22.7 Å². The van der Waals surface area contributed by atoms with Crippen molar-refractivity contribution in [1.29, 1.82) is 0 Å². The third kappa shape index (κ3) is 3.46. The van der Waals surface area contributed by atoms with Gasteiger partial charge in [-0.25, -0.2) is 0 Å². The molecule has 2 aromatic rings. The molecule has 2 atom stereocenters. The third-order valence-electron chi connectivity index (χ3n) is 2.11. The van der Waals surface area contributed by atoms with Gasteiger partial charge in [0, 0.05) is 9.75 Å². The zero-order chi connectivity index (χ0) is 12.8. The summed E-state index contributed by atoms with van der Waals surface area (Å²) in [6, 6.07) is 7.35. The van der Waals surface area contributed by atoms with E-state index in [0.29, 0.717) is 0 Å². The van der Waals surface area contributed by atoms with Crippen LogP contribution in [0.4, 0.5) is 0 Å². The first kappa shape index (κ1) is 12.9. The average Bonchev–Trinajstić information content (AvgIpc) is 3.05. The van der Waals surface area contributed by atoms with E-state index in [1.165, 1.54) is 22.7 Å². The Hall–Kier alpha value is -1.56. The van der Waals surface area contributed by atoms with Gasteiger partial charge in [-0.3, -0.25) is 0 Å². The smallest absolute Gasteiger partial charge is 0.150 e. The standard InChI is InChI=1S/C14H10O2S2/c15-11(13-7-3-9-17-13)5-1-2-6-12(16)14-8-4-10-18-14/h3-4,7-12,15-16H. The van der Waals surface area contributed by atoms with Crippen LogP contribution in [0.25, 0.3) is 0 Å². The number of rotatable bonds is 2. The molecule has 2 nitrogen and oxygen atoms in total. The first-order valence-electron chi connectivity index (χ1n) is 5.21. The monoisotopic (exact) mass is 274 g/mol. The van der Waals surface area contributed by atoms with Crippen LogP contribution in [0.3, 0.4) is 0 Å². The predicted octanol–water partition coefficient (Wildman–Crippen LogP) is 2.58. The van der Waals surface area contributed by atoms with Gasteiger partial charge in [0.15, 0.2) is 0 Å². The molecule has 2 heterocycles. The number of hydrogen-bond acceptors (Lipinski definition) is 4. The molecule has 0 aliphatic rings. The number of aliphatic hydroxyl groups is 2. The van der Waals surface area contributed by atoms with Crippen LogP contribution >= 0.6 is 22.7 Å². The normalized spacial score (nSPS) is 12.8. The van der Waals surface area contributed by atoms with Gasteiger partial charge in [-0.05, 0) is 34.7 Å². The molecule has 0 amide bonds. The molecule has 0 fully saturated rings. The van der Waals surface area contributed by atoms with Gasteiger partial charge in [0.2, 0.25) is 0 Å². The Balaban J connectivity index is 1.97. The fourth-order valence-electron chi connectivity index (χ4n) is 1.24. The van der Waals surface area contributed by atoms with Crippen molar-refractivity contribution < 1.29 is 10.2 Å². The second-order valence-electron chi connectivity index (χ2n) is 3.37. The second-order valence-corrected chi connectivity index (χ2v) is 5.33. The highest BCUT2D eigenvalue weighted by molar-refractivity contribution is 7.10. The van der Waals surface area contributed by atoms with E-state index in [1.807, 2.05) is 35.0 Å². The summed E-state index contributed by atoms with van der Waals surface area (Å²) in [4.78, 5) is 1.59. The minimum absolute atomic E-state index is 0.795. The minimum atomic E-state index is -0.807. The van der Waals surface area contributed by atoms with E-state index in [9.17, 15) is 10.2 Å². The van der Waals surface area contributed by atoms with Crippen molar-refractivity contribution in [2.45, 2.75) is 12.2 Å². The second kappa shape index (κ2) is 6.39. The molecule has 2 N–H and O–H groups in total. The molecule has 4 heteroatoms. The molecular formula is C14H10O2S2. The fourth-order valence-corrected chi connectivity index (χ4v) is 2.56. The fraction of sp³-hybridized carbons (Fsp3) is 0.143. The van der Waals surface area contributed by atoms with Crippen molar-refractivity contribution >= 4 is 22.7 Å². The summed E-state index contributed by atoms with van der Waals surface area (Å²) in [5, 5.41) is 23.1. The van der Waals surface area contributed by atoms with E-state index >= 15 is 0 Å². The first-order chi connectivity index (χ1) is 8.77. The molecule has 0 bridgehead atoms. The van der Waals surface area contributed by atoms with Crippen LogP contribution in [-0.4, -0.2) is 10.2 Å². The Kier molecular flexibility index (Phi) is 4.58. The van der Waals surface area contributed by atoms with Gasteiger partial charge in [-0.2, -0.15) is 0 Å². The molecule has 2 unspecified atom stereocenters. The molecule has 0 aliphatic heterocycles. The lowest BCUT2D eigenvalue weighted by molar-refractivity contribution is 0.241. The van der Waals surface area contributed by atoms with Crippen LogP contribution in [0.15, 0.2) is 35.0 Å². The maximum atomic E-state index is 9.67. The molecular weight excluding hydrogens is 264 g/mol. The number of hydrogen-bond donors (Lipinski definition) is 2. The van der Waals surface area contributed by atoms with Crippen LogP contribution < -0.4 is 0 Å². The highest BCUT2D eigenvalue weighted by atomic mass is 32.1. The largest absolute Gasteiger partial charge is 0.375 e. The van der Waals surface area contributed by atoms with E-state index in [1.54, 1.807) is 0 Å². The highest BCUT2D eigenvalue weighted by Crippen LogP contribution is 2.18. The van der Waals surface area contributed by atoms with Crippen molar-refractivity contribution in [3.63, 3.8) is 0 Å². The maximum Gasteiger partial charge on any atom is 0.150 e. The molecule has 90 valence electrons. The summed E-state index contributed by atoms with van der Waals surface area (Å²) in [6.45, 7) is 0. The number of aliphatic hydroxyl groups excluding tert-OH is 2.